The molecule has 5 rings (SSSR count). The van der Waals surface area contributed by atoms with Crippen LogP contribution in [0, 0.1) is 18.3 Å². The Bertz CT molecular complexity index is 1500. The molecule has 2 aliphatic rings. The van der Waals surface area contributed by atoms with E-state index >= 15 is 0 Å². The molecule has 0 saturated heterocycles. The summed E-state index contributed by atoms with van der Waals surface area (Å²) in [6.45, 7) is 2.91. The highest BCUT2D eigenvalue weighted by Crippen LogP contribution is 2.51. The molecule has 3 aromatic rings. The summed E-state index contributed by atoms with van der Waals surface area (Å²) in [6.07, 6.45) is 4.34. The van der Waals surface area contributed by atoms with Crippen LogP contribution in [0.3, 0.4) is 0 Å². The second-order valence-electron chi connectivity index (χ2n) is 9.98. The molecular formula is C29H30N4O3S. The second-order valence-corrected chi connectivity index (χ2v) is 11.9. The van der Waals surface area contributed by atoms with Gasteiger partial charge in [-0.25, -0.2) is 17.9 Å². The molecule has 37 heavy (non-hydrogen) atoms. The third-order valence-corrected chi connectivity index (χ3v) is 9.11. The van der Waals surface area contributed by atoms with Crippen LogP contribution in [-0.2, 0) is 22.0 Å². The van der Waals surface area contributed by atoms with Crippen LogP contribution in [0.2, 0.25) is 0 Å². The lowest BCUT2D eigenvalue weighted by Gasteiger charge is -2.25. The minimum absolute atomic E-state index is 0.0661. The summed E-state index contributed by atoms with van der Waals surface area (Å²) >= 11 is 0. The van der Waals surface area contributed by atoms with Crippen LogP contribution in [0.4, 0.5) is 10.5 Å². The summed E-state index contributed by atoms with van der Waals surface area (Å²) in [5.74, 6) is 0. The van der Waals surface area contributed by atoms with Gasteiger partial charge >= 0.3 is 6.03 Å². The lowest BCUT2D eigenvalue weighted by atomic mass is 9.79. The van der Waals surface area contributed by atoms with Crippen LogP contribution in [0.25, 0.3) is 11.1 Å². The zero-order chi connectivity index (χ0) is 26.2. The molecule has 0 radical (unpaired) electrons. The lowest BCUT2D eigenvalue weighted by molar-refractivity contribution is 0.245. The summed E-state index contributed by atoms with van der Waals surface area (Å²) < 4.78 is 26.2. The van der Waals surface area contributed by atoms with Crippen molar-refractivity contribution in [3.8, 4) is 17.2 Å². The Balaban J connectivity index is 1.40. The highest BCUT2D eigenvalue weighted by molar-refractivity contribution is 7.89. The predicted molar refractivity (Wildman–Crippen MR) is 144 cm³/mol. The monoisotopic (exact) mass is 514 g/mol. The number of nitrogens with one attached hydrogen (secondary N) is 2. The number of sulfonamides is 1. The average molecular weight is 515 g/mol. The molecule has 0 aromatic heterocycles. The van der Waals surface area contributed by atoms with E-state index in [4.69, 9.17) is 0 Å². The van der Waals surface area contributed by atoms with E-state index < -0.39 is 10.0 Å². The van der Waals surface area contributed by atoms with E-state index in [9.17, 15) is 18.5 Å². The first-order chi connectivity index (χ1) is 17.8. The third kappa shape index (κ3) is 4.61. The number of fused-ring (bicyclic) bond motifs is 2. The van der Waals surface area contributed by atoms with Gasteiger partial charge in [0.15, 0.2) is 0 Å². The Kier molecular flexibility index (Phi) is 6.52. The summed E-state index contributed by atoms with van der Waals surface area (Å²) in [4.78, 5) is 15.4. The Morgan fingerprint density at radius 3 is 2.46 bits per heavy atom. The number of nitriles is 1. The van der Waals surface area contributed by atoms with Crippen molar-refractivity contribution in [2.45, 2.75) is 49.5 Å². The maximum atomic E-state index is 13.4. The Labute approximate surface area is 218 Å². The fraction of sp³-hybridized carbons (Fsp3) is 0.310. The SMILES string of the molecule is CNS(=O)(=O)c1ccc(CNC(=O)N2CC3(CCCC3)c3cc(-c4ccc(C)cc4C#N)ccc32)cc1. The van der Waals surface area contributed by atoms with Gasteiger partial charge in [0.05, 0.1) is 16.5 Å². The van der Waals surface area contributed by atoms with Crippen molar-refractivity contribution in [3.63, 3.8) is 0 Å². The van der Waals surface area contributed by atoms with Crippen LogP contribution in [0.5, 0.6) is 0 Å². The van der Waals surface area contributed by atoms with Crippen LogP contribution in [0.15, 0.2) is 65.6 Å². The number of hydrogen-bond acceptors (Lipinski definition) is 4. The van der Waals surface area contributed by atoms with Crippen LogP contribution in [-0.4, -0.2) is 28.0 Å². The molecule has 190 valence electrons. The number of carbonyl (C=O) groups excluding carboxylic acids is 1. The summed E-state index contributed by atoms with van der Waals surface area (Å²) in [5, 5.41) is 12.7. The molecule has 1 aliphatic heterocycles. The van der Waals surface area contributed by atoms with E-state index in [-0.39, 0.29) is 16.3 Å². The molecule has 1 heterocycles. The first kappa shape index (κ1) is 25.0. The molecule has 0 unspecified atom stereocenters. The quantitative estimate of drug-likeness (QED) is 0.501. The summed E-state index contributed by atoms with van der Waals surface area (Å²) in [7, 11) is -2.12. The number of urea groups is 1. The highest BCUT2D eigenvalue weighted by atomic mass is 32.2. The second kappa shape index (κ2) is 9.66. The summed E-state index contributed by atoms with van der Waals surface area (Å²) in [5.41, 5.74) is 6.47. The van der Waals surface area contributed by atoms with Crippen LogP contribution < -0.4 is 14.9 Å². The van der Waals surface area contributed by atoms with Gasteiger partial charge in [-0.1, -0.05) is 43.2 Å². The van der Waals surface area contributed by atoms with Crippen molar-refractivity contribution in [3.05, 3.63) is 82.9 Å². The first-order valence-corrected chi connectivity index (χ1v) is 14.0. The number of hydrogen-bond donors (Lipinski definition) is 2. The topological polar surface area (TPSA) is 102 Å². The summed E-state index contributed by atoms with van der Waals surface area (Å²) in [6, 6.07) is 20.8. The van der Waals surface area contributed by atoms with Crippen LogP contribution in [0.1, 0.15) is 47.9 Å². The molecule has 2 amide bonds. The van der Waals surface area contributed by atoms with Gasteiger partial charge in [0.25, 0.3) is 0 Å². The van der Waals surface area contributed by atoms with Gasteiger partial charge in [0, 0.05) is 24.2 Å². The normalized spacial score (nSPS) is 16.0. The van der Waals surface area contributed by atoms with Gasteiger partial charge in [-0.3, -0.25) is 4.90 Å². The van der Waals surface area contributed by atoms with E-state index in [1.54, 1.807) is 12.1 Å². The fourth-order valence-electron chi connectivity index (χ4n) is 5.68. The van der Waals surface area contributed by atoms with Crippen molar-refractivity contribution >= 4 is 21.7 Å². The van der Waals surface area contributed by atoms with E-state index in [0.717, 1.165) is 53.6 Å². The minimum atomic E-state index is -3.50. The third-order valence-electron chi connectivity index (χ3n) is 7.68. The molecule has 0 atom stereocenters. The standard InChI is InChI=1S/C29H30N4O3S/c1-20-5-11-25(23(15-20)17-30)22-8-12-27-26(16-22)29(13-3-4-14-29)19-33(27)28(34)32-18-21-6-9-24(10-7-21)37(35,36)31-2/h5-12,15-16,31H,3-4,13-14,18-19H2,1-2H3,(H,32,34). The number of carbonyl (C=O) groups is 1. The van der Waals surface area contributed by atoms with Gasteiger partial charge in [0.1, 0.15) is 0 Å². The highest BCUT2D eigenvalue weighted by Gasteiger charge is 2.46. The average Bonchev–Trinajstić information content (AvgIpc) is 3.52. The molecule has 2 N–H and O–H groups in total. The van der Waals surface area contributed by atoms with Crippen molar-refractivity contribution in [2.75, 3.05) is 18.5 Å². The van der Waals surface area contributed by atoms with Crippen molar-refractivity contribution in [2.24, 2.45) is 0 Å². The van der Waals surface area contributed by atoms with Gasteiger partial charge in [-0.2, -0.15) is 5.26 Å². The number of rotatable bonds is 5. The number of aryl methyl sites for hydroxylation is 1. The molecule has 3 aromatic carbocycles. The Morgan fingerprint density at radius 2 is 1.78 bits per heavy atom. The van der Waals surface area contributed by atoms with Gasteiger partial charge < -0.3 is 5.32 Å². The largest absolute Gasteiger partial charge is 0.334 e. The van der Waals surface area contributed by atoms with Crippen molar-refractivity contribution in [1.29, 1.82) is 5.26 Å². The number of benzene rings is 3. The van der Waals surface area contributed by atoms with E-state index in [1.165, 1.54) is 24.7 Å². The molecular weight excluding hydrogens is 484 g/mol. The molecule has 0 bridgehead atoms. The van der Waals surface area contributed by atoms with Gasteiger partial charge in [-0.15, -0.1) is 0 Å². The van der Waals surface area contributed by atoms with Crippen molar-refractivity contribution < 1.29 is 13.2 Å². The van der Waals surface area contributed by atoms with E-state index in [0.29, 0.717) is 18.7 Å². The van der Waals surface area contributed by atoms with Crippen LogP contribution >= 0.6 is 0 Å². The predicted octanol–water partition coefficient (Wildman–Crippen LogP) is 4.98. The fourth-order valence-corrected chi connectivity index (χ4v) is 6.41. The maximum absolute atomic E-state index is 13.4. The van der Waals surface area contributed by atoms with E-state index in [1.807, 2.05) is 42.2 Å². The molecule has 8 heteroatoms. The first-order valence-electron chi connectivity index (χ1n) is 12.5. The molecule has 1 aliphatic carbocycles. The lowest BCUT2D eigenvalue weighted by Crippen LogP contribution is -2.41. The molecule has 1 fully saturated rings. The molecule has 7 nitrogen and oxygen atoms in total. The smallest absolute Gasteiger partial charge is 0.322 e. The Hall–Kier alpha value is -3.67. The van der Waals surface area contributed by atoms with Gasteiger partial charge in [0.2, 0.25) is 10.0 Å². The number of amides is 2. The molecule has 1 saturated carbocycles. The van der Waals surface area contributed by atoms with Gasteiger partial charge in [-0.05, 0) is 85.0 Å². The molecule has 1 spiro atoms. The Morgan fingerprint density at radius 1 is 1.05 bits per heavy atom. The van der Waals surface area contributed by atoms with Crippen molar-refractivity contribution in [1.82, 2.24) is 10.0 Å². The maximum Gasteiger partial charge on any atom is 0.322 e. The zero-order valence-corrected chi connectivity index (χ0v) is 21.9. The van der Waals surface area contributed by atoms with E-state index in [2.05, 4.69) is 22.2 Å². The minimum Gasteiger partial charge on any atom is -0.334 e. The number of nitrogens with zero attached hydrogens (tertiary/aromatic N) is 2. The number of anilines is 1. The zero-order valence-electron chi connectivity index (χ0n) is 21.0.